The van der Waals surface area contributed by atoms with Gasteiger partial charge < -0.3 is 4.90 Å². The quantitative estimate of drug-likeness (QED) is 0.476. The summed E-state index contributed by atoms with van der Waals surface area (Å²) in [5.74, 6) is -0.377. The molecule has 1 amide bonds. The Morgan fingerprint density at radius 3 is 2.72 bits per heavy atom. The summed E-state index contributed by atoms with van der Waals surface area (Å²) in [5.41, 5.74) is 3.88. The van der Waals surface area contributed by atoms with E-state index in [2.05, 4.69) is 20.4 Å². The molecule has 0 aliphatic heterocycles. The van der Waals surface area contributed by atoms with Gasteiger partial charge in [-0.05, 0) is 60.7 Å². The molecule has 0 bridgehead atoms. The Morgan fingerprint density at radius 1 is 1.14 bits per heavy atom. The average Bonchev–Trinajstić information content (AvgIpc) is 3.48. The van der Waals surface area contributed by atoms with E-state index >= 15 is 0 Å². The SMILES string of the molecule is CN(CCCc1cc(-c2ccc(F)cc2)n[nH]1)C(=O)c1cc(-c2cccs2)[nH]n1. The molecule has 0 fully saturated rings. The minimum Gasteiger partial charge on any atom is -0.340 e. The van der Waals surface area contributed by atoms with Crippen molar-refractivity contribution in [2.45, 2.75) is 12.8 Å². The zero-order valence-electron chi connectivity index (χ0n) is 15.9. The number of aromatic amines is 2. The van der Waals surface area contributed by atoms with Crippen LogP contribution in [0.3, 0.4) is 0 Å². The van der Waals surface area contributed by atoms with Gasteiger partial charge in [-0.1, -0.05) is 6.07 Å². The van der Waals surface area contributed by atoms with Gasteiger partial charge in [0.25, 0.3) is 5.91 Å². The molecule has 0 aliphatic carbocycles. The molecule has 0 saturated carbocycles. The van der Waals surface area contributed by atoms with Gasteiger partial charge in [-0.3, -0.25) is 15.0 Å². The molecule has 29 heavy (non-hydrogen) atoms. The number of aromatic nitrogens is 4. The van der Waals surface area contributed by atoms with Crippen LogP contribution in [0.5, 0.6) is 0 Å². The van der Waals surface area contributed by atoms with Gasteiger partial charge in [0.15, 0.2) is 5.69 Å². The van der Waals surface area contributed by atoms with Crippen LogP contribution in [-0.2, 0) is 6.42 Å². The normalized spacial score (nSPS) is 11.0. The number of nitrogens with one attached hydrogen (secondary N) is 2. The fraction of sp³-hybridized carbons (Fsp3) is 0.190. The van der Waals surface area contributed by atoms with Gasteiger partial charge in [0.1, 0.15) is 5.82 Å². The Morgan fingerprint density at radius 2 is 1.97 bits per heavy atom. The van der Waals surface area contributed by atoms with E-state index in [0.29, 0.717) is 12.2 Å². The van der Waals surface area contributed by atoms with Crippen molar-refractivity contribution < 1.29 is 9.18 Å². The van der Waals surface area contributed by atoms with Gasteiger partial charge in [-0.2, -0.15) is 10.2 Å². The smallest absolute Gasteiger partial charge is 0.274 e. The topological polar surface area (TPSA) is 77.7 Å². The van der Waals surface area contributed by atoms with Gasteiger partial charge >= 0.3 is 0 Å². The maximum absolute atomic E-state index is 13.0. The highest BCUT2D eigenvalue weighted by Crippen LogP contribution is 2.23. The first kappa shape index (κ1) is 19.1. The van der Waals surface area contributed by atoms with Crippen LogP contribution in [0.1, 0.15) is 22.6 Å². The fourth-order valence-electron chi connectivity index (χ4n) is 3.05. The summed E-state index contributed by atoms with van der Waals surface area (Å²) < 4.78 is 13.0. The molecule has 0 saturated heterocycles. The molecule has 0 unspecified atom stereocenters. The molecule has 3 aromatic heterocycles. The van der Waals surface area contributed by atoms with E-state index < -0.39 is 0 Å². The number of hydrogen-bond donors (Lipinski definition) is 2. The van der Waals surface area contributed by atoms with E-state index in [4.69, 9.17) is 0 Å². The third kappa shape index (κ3) is 4.43. The third-order valence-electron chi connectivity index (χ3n) is 4.64. The highest BCUT2D eigenvalue weighted by molar-refractivity contribution is 7.13. The van der Waals surface area contributed by atoms with E-state index in [0.717, 1.165) is 40.4 Å². The van der Waals surface area contributed by atoms with Crippen molar-refractivity contribution in [1.29, 1.82) is 0 Å². The number of thiophene rings is 1. The van der Waals surface area contributed by atoms with Crippen molar-refractivity contribution >= 4 is 17.2 Å². The first-order chi connectivity index (χ1) is 14.1. The van der Waals surface area contributed by atoms with Gasteiger partial charge in [0.2, 0.25) is 0 Å². The maximum atomic E-state index is 13.0. The minimum atomic E-state index is -0.267. The van der Waals surface area contributed by atoms with Crippen molar-refractivity contribution in [2.75, 3.05) is 13.6 Å². The van der Waals surface area contributed by atoms with E-state index in [9.17, 15) is 9.18 Å². The van der Waals surface area contributed by atoms with Crippen molar-refractivity contribution in [3.8, 4) is 21.8 Å². The molecule has 4 rings (SSSR count). The summed E-state index contributed by atoms with van der Waals surface area (Å²) in [7, 11) is 1.78. The van der Waals surface area contributed by atoms with Gasteiger partial charge in [-0.15, -0.1) is 11.3 Å². The number of rotatable bonds is 7. The van der Waals surface area contributed by atoms with Crippen molar-refractivity contribution in [2.24, 2.45) is 0 Å². The van der Waals surface area contributed by atoms with E-state index in [-0.39, 0.29) is 11.7 Å². The summed E-state index contributed by atoms with van der Waals surface area (Å²) in [6.07, 6.45) is 1.54. The van der Waals surface area contributed by atoms with Crippen molar-refractivity contribution in [3.05, 3.63) is 71.1 Å². The Balaban J connectivity index is 1.30. The lowest BCUT2D eigenvalue weighted by atomic mass is 10.1. The molecule has 0 aliphatic rings. The molecular weight excluding hydrogens is 389 g/mol. The zero-order chi connectivity index (χ0) is 20.2. The van der Waals surface area contributed by atoms with E-state index in [1.807, 2.05) is 23.6 Å². The van der Waals surface area contributed by atoms with Crippen LogP contribution < -0.4 is 0 Å². The number of carbonyl (C=O) groups excluding carboxylic acids is 1. The number of halogens is 1. The number of amides is 1. The lowest BCUT2D eigenvalue weighted by Gasteiger charge is -2.15. The molecule has 2 N–H and O–H groups in total. The number of carbonyl (C=O) groups is 1. The molecule has 0 atom stereocenters. The summed E-state index contributed by atoms with van der Waals surface area (Å²) in [4.78, 5) is 15.3. The Labute approximate surface area is 171 Å². The highest BCUT2D eigenvalue weighted by Gasteiger charge is 2.16. The molecule has 1 aromatic carbocycles. The molecule has 0 spiro atoms. The first-order valence-electron chi connectivity index (χ1n) is 9.25. The second-order valence-corrected chi connectivity index (χ2v) is 7.71. The minimum absolute atomic E-state index is 0.110. The van der Waals surface area contributed by atoms with E-state index in [1.165, 1.54) is 12.1 Å². The third-order valence-corrected chi connectivity index (χ3v) is 5.54. The fourth-order valence-corrected chi connectivity index (χ4v) is 3.74. The first-order valence-corrected chi connectivity index (χ1v) is 10.1. The lowest BCUT2D eigenvalue weighted by molar-refractivity contribution is 0.0787. The molecule has 8 heteroatoms. The Kier molecular flexibility index (Phi) is 5.53. The molecule has 6 nitrogen and oxygen atoms in total. The summed E-state index contributed by atoms with van der Waals surface area (Å²) in [5, 5.41) is 16.4. The molecule has 148 valence electrons. The zero-order valence-corrected chi connectivity index (χ0v) is 16.7. The van der Waals surface area contributed by atoms with Crippen LogP contribution >= 0.6 is 11.3 Å². The average molecular weight is 409 g/mol. The highest BCUT2D eigenvalue weighted by atomic mass is 32.1. The largest absolute Gasteiger partial charge is 0.340 e. The lowest BCUT2D eigenvalue weighted by Crippen LogP contribution is -2.28. The molecular formula is C21H20FN5OS. The predicted molar refractivity (Wildman–Crippen MR) is 111 cm³/mol. The Hall–Kier alpha value is -3.26. The number of nitrogens with zero attached hydrogens (tertiary/aromatic N) is 3. The Bertz CT molecular complexity index is 1080. The van der Waals surface area contributed by atoms with Crippen LogP contribution in [0, 0.1) is 5.82 Å². The van der Waals surface area contributed by atoms with Crippen LogP contribution in [0.25, 0.3) is 21.8 Å². The number of benzene rings is 1. The second kappa shape index (κ2) is 8.40. The number of hydrogen-bond acceptors (Lipinski definition) is 4. The van der Waals surface area contributed by atoms with E-state index in [1.54, 1.807) is 41.5 Å². The summed E-state index contributed by atoms with van der Waals surface area (Å²) in [6.45, 7) is 0.602. The van der Waals surface area contributed by atoms with Crippen LogP contribution in [0.2, 0.25) is 0 Å². The van der Waals surface area contributed by atoms with Gasteiger partial charge in [0, 0.05) is 24.8 Å². The maximum Gasteiger partial charge on any atom is 0.274 e. The molecule has 4 aromatic rings. The van der Waals surface area contributed by atoms with Gasteiger partial charge in [-0.25, -0.2) is 4.39 Å². The number of aryl methyl sites for hydroxylation is 1. The molecule has 0 radical (unpaired) electrons. The standard InChI is InChI=1S/C21H20FN5OS/c1-27(21(28)19-13-18(25-26-19)20-5-3-11-29-20)10-2-4-16-12-17(24-23-16)14-6-8-15(22)9-7-14/h3,5-9,11-13H,2,4,10H2,1H3,(H,23,24)(H,25,26). The predicted octanol–water partition coefficient (Wildman–Crippen LogP) is 4.37. The van der Waals surface area contributed by atoms with Crippen LogP contribution in [0.4, 0.5) is 4.39 Å². The summed E-state index contributed by atoms with van der Waals surface area (Å²) in [6, 6.07) is 13.9. The molecule has 3 heterocycles. The monoisotopic (exact) mass is 409 g/mol. The van der Waals surface area contributed by atoms with Crippen LogP contribution in [-0.4, -0.2) is 44.8 Å². The van der Waals surface area contributed by atoms with Crippen molar-refractivity contribution in [3.63, 3.8) is 0 Å². The summed E-state index contributed by atoms with van der Waals surface area (Å²) >= 11 is 1.60. The van der Waals surface area contributed by atoms with Gasteiger partial charge in [0.05, 0.1) is 16.3 Å². The second-order valence-electron chi connectivity index (χ2n) is 6.76. The van der Waals surface area contributed by atoms with Crippen molar-refractivity contribution in [1.82, 2.24) is 25.3 Å². The number of H-pyrrole nitrogens is 2. The van der Waals surface area contributed by atoms with Crippen LogP contribution in [0.15, 0.2) is 53.9 Å².